The third-order valence-corrected chi connectivity index (χ3v) is 4.31. The summed E-state index contributed by atoms with van der Waals surface area (Å²) >= 11 is 1.81. The number of nitrogens with one attached hydrogen (secondary N) is 2. The van der Waals surface area contributed by atoms with Crippen molar-refractivity contribution in [3.63, 3.8) is 0 Å². The smallest absolute Gasteiger partial charge is 0.315 e. The molecule has 0 aliphatic carbocycles. The standard InChI is InChI=1S/C14H18N2O3S/c17-13(18)8-12(10-4-2-1-3-5-10)16-14(19)15-11-6-7-20-9-11/h1-5,11-12H,6-9H2,(H,17,18)(H2,15,16,19). The molecule has 108 valence electrons. The number of carboxylic acids is 1. The summed E-state index contributed by atoms with van der Waals surface area (Å²) in [4.78, 5) is 22.9. The van der Waals surface area contributed by atoms with Crippen molar-refractivity contribution < 1.29 is 14.7 Å². The van der Waals surface area contributed by atoms with Crippen LogP contribution in [-0.2, 0) is 4.79 Å². The fourth-order valence-electron chi connectivity index (χ4n) is 2.15. The van der Waals surface area contributed by atoms with Crippen molar-refractivity contribution in [3.05, 3.63) is 35.9 Å². The van der Waals surface area contributed by atoms with Crippen LogP contribution in [0.25, 0.3) is 0 Å². The van der Waals surface area contributed by atoms with Crippen LogP contribution in [0.1, 0.15) is 24.4 Å². The van der Waals surface area contributed by atoms with E-state index >= 15 is 0 Å². The lowest BCUT2D eigenvalue weighted by atomic mass is 10.0. The normalized spacial score (nSPS) is 19.3. The average Bonchev–Trinajstić information content (AvgIpc) is 2.91. The second-order valence-corrected chi connectivity index (χ2v) is 5.89. The van der Waals surface area contributed by atoms with Gasteiger partial charge >= 0.3 is 12.0 Å². The van der Waals surface area contributed by atoms with Gasteiger partial charge in [0.1, 0.15) is 0 Å². The molecule has 0 radical (unpaired) electrons. The third kappa shape index (κ3) is 4.45. The van der Waals surface area contributed by atoms with Crippen LogP contribution in [0.3, 0.4) is 0 Å². The first-order valence-electron chi connectivity index (χ1n) is 6.56. The third-order valence-electron chi connectivity index (χ3n) is 3.15. The molecule has 0 saturated carbocycles. The van der Waals surface area contributed by atoms with Crippen molar-refractivity contribution in [3.8, 4) is 0 Å². The Kier molecular flexibility index (Phi) is 5.29. The Bertz CT molecular complexity index is 461. The van der Waals surface area contributed by atoms with E-state index in [4.69, 9.17) is 5.11 Å². The summed E-state index contributed by atoms with van der Waals surface area (Å²) in [7, 11) is 0. The first-order valence-corrected chi connectivity index (χ1v) is 7.72. The van der Waals surface area contributed by atoms with Crippen LogP contribution in [0.5, 0.6) is 0 Å². The lowest BCUT2D eigenvalue weighted by Gasteiger charge is -2.19. The van der Waals surface area contributed by atoms with Crippen molar-refractivity contribution in [2.24, 2.45) is 0 Å². The molecule has 2 atom stereocenters. The number of aliphatic carboxylic acids is 1. The summed E-state index contributed by atoms with van der Waals surface area (Å²) in [5, 5.41) is 14.6. The topological polar surface area (TPSA) is 78.4 Å². The van der Waals surface area contributed by atoms with E-state index in [1.165, 1.54) is 0 Å². The van der Waals surface area contributed by atoms with Gasteiger partial charge in [-0.25, -0.2) is 4.79 Å². The lowest BCUT2D eigenvalue weighted by molar-refractivity contribution is -0.137. The zero-order chi connectivity index (χ0) is 14.4. The van der Waals surface area contributed by atoms with Crippen molar-refractivity contribution in [1.82, 2.24) is 10.6 Å². The molecule has 0 bridgehead atoms. The maximum Gasteiger partial charge on any atom is 0.315 e. The van der Waals surface area contributed by atoms with Crippen molar-refractivity contribution in [1.29, 1.82) is 0 Å². The number of carbonyl (C=O) groups excluding carboxylic acids is 1. The van der Waals surface area contributed by atoms with E-state index in [0.717, 1.165) is 23.5 Å². The molecule has 20 heavy (non-hydrogen) atoms. The van der Waals surface area contributed by atoms with Gasteiger partial charge in [0.2, 0.25) is 0 Å². The molecule has 1 aliphatic heterocycles. The SMILES string of the molecule is O=C(O)CC(NC(=O)NC1CCSC1)c1ccccc1. The predicted octanol–water partition coefficient (Wildman–Crippen LogP) is 2.01. The second kappa shape index (κ2) is 7.19. The first-order chi connectivity index (χ1) is 9.65. The van der Waals surface area contributed by atoms with Crippen LogP contribution < -0.4 is 10.6 Å². The fourth-order valence-corrected chi connectivity index (χ4v) is 3.30. The number of urea groups is 1. The van der Waals surface area contributed by atoms with Gasteiger partial charge in [0.25, 0.3) is 0 Å². The van der Waals surface area contributed by atoms with Crippen LogP contribution in [0, 0.1) is 0 Å². The highest BCUT2D eigenvalue weighted by Gasteiger charge is 2.21. The van der Waals surface area contributed by atoms with E-state index in [2.05, 4.69) is 10.6 Å². The Morgan fingerprint density at radius 2 is 2.10 bits per heavy atom. The highest BCUT2D eigenvalue weighted by Crippen LogP contribution is 2.18. The summed E-state index contributed by atoms with van der Waals surface area (Å²) in [6.45, 7) is 0. The van der Waals surface area contributed by atoms with Gasteiger partial charge in [0.15, 0.2) is 0 Å². The monoisotopic (exact) mass is 294 g/mol. The summed E-state index contributed by atoms with van der Waals surface area (Å²) < 4.78 is 0. The molecule has 0 spiro atoms. The molecule has 1 heterocycles. The molecule has 1 aromatic rings. The Morgan fingerprint density at radius 1 is 1.35 bits per heavy atom. The summed E-state index contributed by atoms with van der Waals surface area (Å²) in [5.41, 5.74) is 0.797. The van der Waals surface area contributed by atoms with Gasteiger partial charge in [-0.2, -0.15) is 11.8 Å². The minimum Gasteiger partial charge on any atom is -0.481 e. The maximum atomic E-state index is 11.9. The van der Waals surface area contributed by atoms with Gasteiger partial charge in [-0.3, -0.25) is 4.79 Å². The van der Waals surface area contributed by atoms with Gasteiger partial charge in [-0.15, -0.1) is 0 Å². The Labute approximate surface area is 122 Å². The van der Waals surface area contributed by atoms with Crippen molar-refractivity contribution >= 4 is 23.8 Å². The molecule has 0 aromatic heterocycles. The van der Waals surface area contributed by atoms with Crippen LogP contribution in [0.2, 0.25) is 0 Å². The number of hydrogen-bond acceptors (Lipinski definition) is 3. The Morgan fingerprint density at radius 3 is 2.70 bits per heavy atom. The summed E-state index contributed by atoms with van der Waals surface area (Å²) in [6.07, 6.45) is 0.837. The zero-order valence-corrected chi connectivity index (χ0v) is 11.9. The largest absolute Gasteiger partial charge is 0.481 e. The summed E-state index contributed by atoms with van der Waals surface area (Å²) in [6, 6.07) is 8.53. The average molecular weight is 294 g/mol. The van der Waals surface area contributed by atoms with Gasteiger partial charge in [-0.1, -0.05) is 30.3 Å². The molecule has 1 fully saturated rings. The molecule has 2 amide bonds. The van der Waals surface area contributed by atoms with Crippen molar-refractivity contribution in [2.75, 3.05) is 11.5 Å². The van der Waals surface area contributed by atoms with E-state index in [0.29, 0.717) is 0 Å². The predicted molar refractivity (Wildman–Crippen MR) is 78.8 cm³/mol. The molecule has 3 N–H and O–H groups in total. The van der Waals surface area contributed by atoms with Crippen LogP contribution in [0.4, 0.5) is 4.79 Å². The molecule has 2 unspecified atom stereocenters. The minimum absolute atomic E-state index is 0.128. The molecule has 5 nitrogen and oxygen atoms in total. The van der Waals surface area contributed by atoms with Crippen molar-refractivity contribution in [2.45, 2.75) is 24.9 Å². The number of hydrogen-bond donors (Lipinski definition) is 3. The first kappa shape index (κ1) is 14.7. The van der Waals surface area contributed by atoms with E-state index < -0.39 is 12.0 Å². The molecular weight excluding hydrogens is 276 g/mol. The van der Waals surface area contributed by atoms with Gasteiger partial charge in [0.05, 0.1) is 12.5 Å². The van der Waals surface area contributed by atoms with E-state index in [-0.39, 0.29) is 18.5 Å². The van der Waals surface area contributed by atoms with E-state index in [1.807, 2.05) is 42.1 Å². The van der Waals surface area contributed by atoms with Crippen LogP contribution in [0.15, 0.2) is 30.3 Å². The number of rotatable bonds is 5. The van der Waals surface area contributed by atoms with Gasteiger partial charge < -0.3 is 15.7 Å². The number of carboxylic acid groups (broad SMARTS) is 1. The van der Waals surface area contributed by atoms with Crippen LogP contribution >= 0.6 is 11.8 Å². The molecule has 2 rings (SSSR count). The van der Waals surface area contributed by atoms with Gasteiger partial charge in [0, 0.05) is 11.8 Å². The Balaban J connectivity index is 1.96. The maximum absolute atomic E-state index is 11.9. The highest BCUT2D eigenvalue weighted by atomic mass is 32.2. The van der Waals surface area contributed by atoms with E-state index in [9.17, 15) is 9.59 Å². The minimum atomic E-state index is -0.935. The molecule has 6 heteroatoms. The molecule has 1 aromatic carbocycles. The fraction of sp³-hybridized carbons (Fsp3) is 0.429. The number of carbonyl (C=O) groups is 2. The zero-order valence-electron chi connectivity index (χ0n) is 11.0. The highest BCUT2D eigenvalue weighted by molar-refractivity contribution is 7.99. The van der Waals surface area contributed by atoms with E-state index in [1.54, 1.807) is 0 Å². The molecule has 1 saturated heterocycles. The quantitative estimate of drug-likeness (QED) is 0.776. The second-order valence-electron chi connectivity index (χ2n) is 4.74. The van der Waals surface area contributed by atoms with Gasteiger partial charge in [-0.05, 0) is 17.7 Å². The Hall–Kier alpha value is -1.69. The molecular formula is C14H18N2O3S. The summed E-state index contributed by atoms with van der Waals surface area (Å²) in [5.74, 6) is 1.04. The number of thioether (sulfide) groups is 1. The number of amides is 2. The lowest BCUT2D eigenvalue weighted by Crippen LogP contribution is -2.43. The van der Waals surface area contributed by atoms with Crippen LogP contribution in [-0.4, -0.2) is 34.7 Å². The molecule has 1 aliphatic rings. The number of benzene rings is 1.